The monoisotopic (exact) mass is 184 g/mol. The molecule has 78 valence electrons. The molecule has 2 nitrogen and oxygen atoms in total. The Kier molecular flexibility index (Phi) is 3.74. The van der Waals surface area contributed by atoms with E-state index >= 15 is 0 Å². The average Bonchev–Trinajstić information content (AvgIpc) is 2.17. The number of nitrogens with one attached hydrogen (secondary N) is 1. The minimum Gasteiger partial charge on any atom is -0.314 e. The number of hydrogen-bond donors (Lipinski definition) is 1. The molecule has 0 radical (unpaired) electrons. The Hall–Kier alpha value is -0.0800. The molecule has 1 aliphatic heterocycles. The van der Waals surface area contributed by atoms with E-state index in [2.05, 4.69) is 37.9 Å². The van der Waals surface area contributed by atoms with Crippen molar-refractivity contribution in [3.05, 3.63) is 0 Å². The maximum atomic E-state index is 3.52. The van der Waals surface area contributed by atoms with E-state index in [9.17, 15) is 0 Å². The van der Waals surface area contributed by atoms with Gasteiger partial charge in [-0.2, -0.15) is 0 Å². The van der Waals surface area contributed by atoms with Crippen molar-refractivity contribution in [3.63, 3.8) is 0 Å². The first-order valence-corrected chi connectivity index (χ1v) is 5.63. The highest BCUT2D eigenvalue weighted by atomic mass is 15.3. The summed E-state index contributed by atoms with van der Waals surface area (Å²) in [6.45, 7) is 12.8. The zero-order valence-corrected chi connectivity index (χ0v) is 9.56. The van der Waals surface area contributed by atoms with Gasteiger partial charge in [-0.25, -0.2) is 0 Å². The van der Waals surface area contributed by atoms with Crippen molar-refractivity contribution in [1.82, 2.24) is 10.2 Å². The fraction of sp³-hybridized carbons (Fsp3) is 1.00. The topological polar surface area (TPSA) is 15.3 Å². The van der Waals surface area contributed by atoms with E-state index in [1.165, 1.54) is 19.4 Å². The van der Waals surface area contributed by atoms with Crippen molar-refractivity contribution < 1.29 is 0 Å². The van der Waals surface area contributed by atoms with Gasteiger partial charge in [0.05, 0.1) is 0 Å². The van der Waals surface area contributed by atoms with Crippen molar-refractivity contribution in [2.24, 2.45) is 0 Å². The van der Waals surface area contributed by atoms with Crippen LogP contribution in [0.15, 0.2) is 0 Å². The molecule has 1 saturated heterocycles. The molecule has 0 amide bonds. The van der Waals surface area contributed by atoms with Gasteiger partial charge in [0, 0.05) is 31.2 Å². The van der Waals surface area contributed by atoms with E-state index in [0.29, 0.717) is 11.6 Å². The summed E-state index contributed by atoms with van der Waals surface area (Å²) in [5, 5.41) is 3.52. The molecular weight excluding hydrogens is 160 g/mol. The number of nitrogens with zero attached hydrogens (tertiary/aromatic N) is 1. The molecule has 0 aromatic carbocycles. The fourth-order valence-corrected chi connectivity index (χ4v) is 2.57. The zero-order valence-electron chi connectivity index (χ0n) is 9.56. The van der Waals surface area contributed by atoms with Gasteiger partial charge in [-0.1, -0.05) is 13.8 Å². The lowest BCUT2D eigenvalue weighted by molar-refractivity contribution is 0.0250. The van der Waals surface area contributed by atoms with Gasteiger partial charge in [0.15, 0.2) is 0 Å². The molecule has 0 atom stereocenters. The minimum absolute atomic E-state index is 0.423. The summed E-state index contributed by atoms with van der Waals surface area (Å²) in [6, 6.07) is 0.682. The van der Waals surface area contributed by atoms with Crippen LogP contribution in [0.25, 0.3) is 0 Å². The highest BCUT2D eigenvalue weighted by Gasteiger charge is 2.36. The van der Waals surface area contributed by atoms with Crippen molar-refractivity contribution in [2.75, 3.05) is 19.6 Å². The van der Waals surface area contributed by atoms with E-state index in [1.54, 1.807) is 0 Å². The third-order valence-corrected chi connectivity index (χ3v) is 3.53. The maximum Gasteiger partial charge on any atom is 0.0331 e. The third-order valence-electron chi connectivity index (χ3n) is 3.53. The van der Waals surface area contributed by atoms with E-state index in [-0.39, 0.29) is 0 Å². The lowest BCUT2D eigenvalue weighted by Gasteiger charge is -2.49. The molecule has 0 aliphatic carbocycles. The first kappa shape index (κ1) is 11.0. The lowest BCUT2D eigenvalue weighted by atomic mass is 9.87. The molecule has 0 bridgehead atoms. The Morgan fingerprint density at radius 3 is 2.31 bits per heavy atom. The van der Waals surface area contributed by atoms with Gasteiger partial charge >= 0.3 is 0 Å². The number of rotatable bonds is 3. The van der Waals surface area contributed by atoms with Crippen LogP contribution in [-0.4, -0.2) is 36.1 Å². The van der Waals surface area contributed by atoms with Crippen LogP contribution in [0, 0.1) is 0 Å². The van der Waals surface area contributed by atoms with Crippen molar-refractivity contribution in [1.29, 1.82) is 0 Å². The van der Waals surface area contributed by atoms with Gasteiger partial charge in [-0.15, -0.1) is 0 Å². The first-order valence-electron chi connectivity index (χ1n) is 5.63. The smallest absolute Gasteiger partial charge is 0.0331 e. The Bertz CT molecular complexity index is 150. The predicted octanol–water partition coefficient (Wildman–Crippen LogP) is 1.86. The second-order valence-corrected chi connectivity index (χ2v) is 4.40. The Morgan fingerprint density at radius 2 is 1.92 bits per heavy atom. The second-order valence-electron chi connectivity index (χ2n) is 4.40. The van der Waals surface area contributed by atoms with Crippen LogP contribution in [0.2, 0.25) is 0 Å². The number of piperazine rings is 1. The van der Waals surface area contributed by atoms with Gasteiger partial charge in [-0.3, -0.25) is 4.90 Å². The van der Waals surface area contributed by atoms with Crippen LogP contribution in [0.1, 0.15) is 40.5 Å². The third kappa shape index (κ3) is 2.05. The molecule has 0 spiro atoms. The number of hydrogen-bond acceptors (Lipinski definition) is 2. The van der Waals surface area contributed by atoms with Gasteiger partial charge in [-0.05, 0) is 26.7 Å². The molecular formula is C11H24N2. The molecule has 0 aromatic heterocycles. The zero-order chi connectivity index (χ0) is 9.90. The summed E-state index contributed by atoms with van der Waals surface area (Å²) in [5.41, 5.74) is 0.423. The highest BCUT2D eigenvalue weighted by Crippen LogP contribution is 2.27. The van der Waals surface area contributed by atoms with E-state index < -0.39 is 0 Å². The van der Waals surface area contributed by atoms with Crippen molar-refractivity contribution in [3.8, 4) is 0 Å². The molecule has 0 aromatic rings. The summed E-state index contributed by atoms with van der Waals surface area (Å²) < 4.78 is 0. The second kappa shape index (κ2) is 4.43. The maximum absolute atomic E-state index is 3.52. The molecule has 0 unspecified atom stereocenters. The van der Waals surface area contributed by atoms with Crippen molar-refractivity contribution >= 4 is 0 Å². The van der Waals surface area contributed by atoms with E-state index in [0.717, 1.165) is 13.1 Å². The van der Waals surface area contributed by atoms with Crippen LogP contribution in [0.5, 0.6) is 0 Å². The summed E-state index contributed by atoms with van der Waals surface area (Å²) in [6.07, 6.45) is 2.52. The summed E-state index contributed by atoms with van der Waals surface area (Å²) in [7, 11) is 0. The quantitative estimate of drug-likeness (QED) is 0.720. The molecule has 1 aliphatic rings. The Balaban J connectivity index is 2.75. The summed E-state index contributed by atoms with van der Waals surface area (Å²) >= 11 is 0. The van der Waals surface area contributed by atoms with Gasteiger partial charge in [0.25, 0.3) is 0 Å². The fourth-order valence-electron chi connectivity index (χ4n) is 2.57. The average molecular weight is 184 g/mol. The van der Waals surface area contributed by atoms with Crippen molar-refractivity contribution in [2.45, 2.75) is 52.1 Å². The molecule has 0 saturated carbocycles. The van der Waals surface area contributed by atoms with Gasteiger partial charge in [0.1, 0.15) is 0 Å². The van der Waals surface area contributed by atoms with Gasteiger partial charge < -0.3 is 5.32 Å². The van der Waals surface area contributed by atoms with E-state index in [1.807, 2.05) is 0 Å². The standard InChI is InChI=1S/C11H24N2/c1-5-11(6-2)9-12-7-8-13(11)10(3)4/h10,12H,5-9H2,1-4H3. The summed E-state index contributed by atoms with van der Waals surface area (Å²) in [4.78, 5) is 2.67. The predicted molar refractivity (Wildman–Crippen MR) is 58.0 cm³/mol. The molecule has 2 heteroatoms. The molecule has 1 fully saturated rings. The largest absolute Gasteiger partial charge is 0.314 e. The highest BCUT2D eigenvalue weighted by molar-refractivity contribution is 4.95. The molecule has 13 heavy (non-hydrogen) atoms. The minimum atomic E-state index is 0.423. The van der Waals surface area contributed by atoms with Crippen LogP contribution in [0.3, 0.4) is 0 Å². The Morgan fingerprint density at radius 1 is 1.31 bits per heavy atom. The van der Waals surface area contributed by atoms with Crippen LogP contribution < -0.4 is 5.32 Å². The summed E-state index contributed by atoms with van der Waals surface area (Å²) in [5.74, 6) is 0. The molecule has 1 rings (SSSR count). The molecule has 1 N–H and O–H groups in total. The lowest BCUT2D eigenvalue weighted by Crippen LogP contribution is -2.62. The SMILES string of the molecule is CCC1(CC)CNCCN1C(C)C. The molecule has 1 heterocycles. The normalized spacial score (nSPS) is 23.8. The van der Waals surface area contributed by atoms with E-state index in [4.69, 9.17) is 0 Å². The van der Waals surface area contributed by atoms with Crippen LogP contribution >= 0.6 is 0 Å². The van der Waals surface area contributed by atoms with Crippen LogP contribution in [0.4, 0.5) is 0 Å². The first-order chi connectivity index (χ1) is 6.16. The van der Waals surface area contributed by atoms with Gasteiger partial charge in [0.2, 0.25) is 0 Å². The van der Waals surface area contributed by atoms with Crippen LogP contribution in [-0.2, 0) is 0 Å². The Labute approximate surface area is 82.7 Å².